The molecule has 1 atom stereocenters. The van der Waals surface area contributed by atoms with Crippen LogP contribution in [0.5, 0.6) is 0 Å². The molecule has 0 radical (unpaired) electrons. The Balaban J connectivity index is 1.39. The van der Waals surface area contributed by atoms with Crippen molar-refractivity contribution in [2.24, 2.45) is 11.7 Å². The number of anilines is 1. The number of carbonyl (C=O) groups excluding carboxylic acids is 2. The van der Waals surface area contributed by atoms with E-state index >= 15 is 0 Å². The van der Waals surface area contributed by atoms with Crippen LogP contribution in [0, 0.1) is 12.8 Å². The summed E-state index contributed by atoms with van der Waals surface area (Å²) in [6.07, 6.45) is 1.82. The SMILES string of the molecule is Cc1nc2ccccc2c(=O)n1CC(=O)Nc1ccc(CN2CCCC(C(N)=O)C2)cc1. The van der Waals surface area contributed by atoms with Crippen molar-refractivity contribution in [2.75, 3.05) is 18.4 Å². The van der Waals surface area contributed by atoms with Gasteiger partial charge in [-0.3, -0.25) is 23.9 Å². The molecule has 8 nitrogen and oxygen atoms in total. The maximum atomic E-state index is 12.7. The van der Waals surface area contributed by atoms with E-state index in [9.17, 15) is 14.4 Å². The lowest BCUT2D eigenvalue weighted by Gasteiger charge is -2.31. The van der Waals surface area contributed by atoms with Crippen LogP contribution in [0.15, 0.2) is 53.3 Å². The molecule has 2 aromatic carbocycles. The summed E-state index contributed by atoms with van der Waals surface area (Å²) < 4.78 is 1.39. The van der Waals surface area contributed by atoms with Crippen LogP contribution in [0.2, 0.25) is 0 Å². The van der Waals surface area contributed by atoms with Gasteiger partial charge < -0.3 is 11.1 Å². The number of hydrogen-bond donors (Lipinski definition) is 2. The number of benzene rings is 2. The minimum absolute atomic E-state index is 0.0845. The first-order valence-electron chi connectivity index (χ1n) is 10.8. The maximum Gasteiger partial charge on any atom is 0.261 e. The molecule has 1 fully saturated rings. The Labute approximate surface area is 186 Å². The number of rotatable bonds is 6. The third-order valence-corrected chi connectivity index (χ3v) is 5.91. The number of amides is 2. The number of nitrogens with one attached hydrogen (secondary N) is 1. The van der Waals surface area contributed by atoms with Crippen molar-refractivity contribution in [3.63, 3.8) is 0 Å². The third-order valence-electron chi connectivity index (χ3n) is 5.91. The molecule has 1 unspecified atom stereocenters. The summed E-state index contributed by atoms with van der Waals surface area (Å²) in [5.41, 5.74) is 7.61. The van der Waals surface area contributed by atoms with Crippen molar-refractivity contribution in [3.8, 4) is 0 Å². The molecule has 2 amide bonds. The van der Waals surface area contributed by atoms with Crippen LogP contribution in [0.4, 0.5) is 5.69 Å². The van der Waals surface area contributed by atoms with E-state index in [1.165, 1.54) is 4.57 Å². The lowest BCUT2D eigenvalue weighted by Crippen LogP contribution is -2.40. The summed E-state index contributed by atoms with van der Waals surface area (Å²) >= 11 is 0. The van der Waals surface area contributed by atoms with E-state index in [1.807, 2.05) is 30.3 Å². The second-order valence-corrected chi connectivity index (χ2v) is 8.29. The van der Waals surface area contributed by atoms with Crippen molar-refractivity contribution >= 4 is 28.4 Å². The summed E-state index contributed by atoms with van der Waals surface area (Å²) in [4.78, 5) is 43.4. The molecule has 0 aliphatic carbocycles. The Morgan fingerprint density at radius 1 is 1.16 bits per heavy atom. The fourth-order valence-electron chi connectivity index (χ4n) is 4.19. The number of piperidine rings is 1. The van der Waals surface area contributed by atoms with Gasteiger partial charge in [-0.25, -0.2) is 4.98 Å². The average Bonchev–Trinajstić information content (AvgIpc) is 2.78. The lowest BCUT2D eigenvalue weighted by molar-refractivity contribution is -0.123. The zero-order chi connectivity index (χ0) is 22.7. The van der Waals surface area contributed by atoms with Crippen LogP contribution in [0.1, 0.15) is 24.2 Å². The Morgan fingerprint density at radius 3 is 2.66 bits per heavy atom. The highest BCUT2D eigenvalue weighted by atomic mass is 16.2. The molecule has 1 aliphatic rings. The molecular weight excluding hydrogens is 406 g/mol. The molecule has 0 bridgehead atoms. The van der Waals surface area contributed by atoms with Crippen molar-refractivity contribution in [3.05, 3.63) is 70.3 Å². The standard InChI is InChI=1S/C24H27N5O3/c1-16-26-21-7-3-2-6-20(21)24(32)29(16)15-22(30)27-19-10-8-17(9-11-19)13-28-12-4-5-18(14-28)23(25)31/h2-3,6-11,18H,4-5,12-15H2,1H3,(H2,25,31)(H,27,30). The van der Waals surface area contributed by atoms with Crippen LogP contribution in [0.3, 0.4) is 0 Å². The Kier molecular flexibility index (Phi) is 6.32. The van der Waals surface area contributed by atoms with Crippen molar-refractivity contribution in [1.82, 2.24) is 14.5 Å². The van der Waals surface area contributed by atoms with Crippen molar-refractivity contribution in [1.29, 1.82) is 0 Å². The quantitative estimate of drug-likeness (QED) is 0.618. The maximum absolute atomic E-state index is 12.7. The first-order chi connectivity index (χ1) is 15.4. The molecule has 32 heavy (non-hydrogen) atoms. The van der Waals surface area contributed by atoms with Gasteiger partial charge in [0.2, 0.25) is 11.8 Å². The molecule has 1 aromatic heterocycles. The minimum atomic E-state index is -0.291. The van der Waals surface area contributed by atoms with E-state index in [1.54, 1.807) is 25.1 Å². The van der Waals surface area contributed by atoms with Gasteiger partial charge in [-0.2, -0.15) is 0 Å². The predicted octanol–water partition coefficient (Wildman–Crippen LogP) is 2.04. The zero-order valence-corrected chi connectivity index (χ0v) is 18.1. The summed E-state index contributed by atoms with van der Waals surface area (Å²) in [7, 11) is 0. The van der Waals surface area contributed by atoms with E-state index < -0.39 is 0 Å². The number of carbonyl (C=O) groups is 2. The van der Waals surface area contributed by atoms with Crippen LogP contribution in [0.25, 0.3) is 10.9 Å². The average molecular weight is 434 g/mol. The van der Waals surface area contributed by atoms with Gasteiger partial charge in [0.25, 0.3) is 5.56 Å². The molecule has 2 heterocycles. The van der Waals surface area contributed by atoms with Gasteiger partial charge in [-0.15, -0.1) is 0 Å². The fraction of sp³-hybridized carbons (Fsp3) is 0.333. The van der Waals surface area contributed by atoms with Gasteiger partial charge in [-0.05, 0) is 56.1 Å². The van der Waals surface area contributed by atoms with Gasteiger partial charge in [0.15, 0.2) is 0 Å². The number of aryl methyl sites for hydroxylation is 1. The summed E-state index contributed by atoms with van der Waals surface area (Å²) in [6, 6.07) is 14.7. The molecular formula is C24H27N5O3. The first-order valence-corrected chi connectivity index (χ1v) is 10.8. The van der Waals surface area contributed by atoms with Crippen molar-refractivity contribution < 1.29 is 9.59 Å². The minimum Gasteiger partial charge on any atom is -0.369 e. The van der Waals surface area contributed by atoms with E-state index in [0.29, 0.717) is 29.0 Å². The number of aromatic nitrogens is 2. The van der Waals surface area contributed by atoms with Gasteiger partial charge in [0.1, 0.15) is 12.4 Å². The number of hydrogen-bond acceptors (Lipinski definition) is 5. The molecule has 8 heteroatoms. The second-order valence-electron chi connectivity index (χ2n) is 8.29. The topological polar surface area (TPSA) is 110 Å². The summed E-state index contributed by atoms with van der Waals surface area (Å²) in [6.45, 7) is 3.97. The molecule has 4 rings (SSSR count). The van der Waals surface area contributed by atoms with Crippen LogP contribution in [-0.4, -0.2) is 39.4 Å². The summed E-state index contributed by atoms with van der Waals surface area (Å²) in [5.74, 6) is -0.113. The normalized spacial score (nSPS) is 16.7. The Bertz CT molecular complexity index is 1200. The second kappa shape index (κ2) is 9.32. The van der Waals surface area contributed by atoms with Gasteiger partial charge in [-0.1, -0.05) is 24.3 Å². The lowest BCUT2D eigenvalue weighted by atomic mass is 9.97. The fourth-order valence-corrected chi connectivity index (χ4v) is 4.19. The molecule has 3 N–H and O–H groups in total. The van der Waals surface area contributed by atoms with Gasteiger partial charge in [0, 0.05) is 18.8 Å². The van der Waals surface area contributed by atoms with E-state index in [-0.39, 0.29) is 29.8 Å². The van der Waals surface area contributed by atoms with E-state index in [4.69, 9.17) is 5.73 Å². The molecule has 3 aromatic rings. The molecule has 166 valence electrons. The molecule has 1 saturated heterocycles. The number of nitrogens with zero attached hydrogens (tertiary/aromatic N) is 3. The van der Waals surface area contributed by atoms with Crippen molar-refractivity contribution in [2.45, 2.75) is 32.9 Å². The largest absolute Gasteiger partial charge is 0.369 e. The number of nitrogens with two attached hydrogens (primary N) is 1. The van der Waals surface area contributed by atoms with E-state index in [2.05, 4.69) is 15.2 Å². The smallest absolute Gasteiger partial charge is 0.261 e. The van der Waals surface area contributed by atoms with Crippen LogP contribution < -0.4 is 16.6 Å². The number of para-hydroxylation sites is 1. The number of fused-ring (bicyclic) bond motifs is 1. The first kappa shape index (κ1) is 21.7. The number of likely N-dealkylation sites (tertiary alicyclic amines) is 1. The highest BCUT2D eigenvalue weighted by molar-refractivity contribution is 5.90. The van der Waals surface area contributed by atoms with Gasteiger partial charge >= 0.3 is 0 Å². The zero-order valence-electron chi connectivity index (χ0n) is 18.1. The van der Waals surface area contributed by atoms with Crippen LogP contribution in [-0.2, 0) is 22.7 Å². The third kappa shape index (κ3) is 4.86. The molecule has 0 spiro atoms. The van der Waals surface area contributed by atoms with E-state index in [0.717, 1.165) is 31.5 Å². The molecule has 0 saturated carbocycles. The predicted molar refractivity (Wildman–Crippen MR) is 123 cm³/mol. The monoisotopic (exact) mass is 433 g/mol. The summed E-state index contributed by atoms with van der Waals surface area (Å²) in [5, 5.41) is 3.34. The Morgan fingerprint density at radius 2 is 1.91 bits per heavy atom. The highest BCUT2D eigenvalue weighted by Crippen LogP contribution is 2.19. The molecule has 1 aliphatic heterocycles. The number of primary amides is 1. The Hall–Kier alpha value is -3.52. The van der Waals surface area contributed by atoms with Crippen LogP contribution >= 0.6 is 0 Å². The van der Waals surface area contributed by atoms with Gasteiger partial charge in [0.05, 0.1) is 16.8 Å². The highest BCUT2D eigenvalue weighted by Gasteiger charge is 2.23.